The maximum atomic E-state index is 12.3. The fraction of sp³-hybridized carbons (Fsp3) is 0. The van der Waals surface area contributed by atoms with Crippen LogP contribution in [-0.4, -0.2) is 26.2 Å². The number of phenols is 1. The van der Waals surface area contributed by atoms with Gasteiger partial charge in [-0.05, 0) is 84.4 Å². The van der Waals surface area contributed by atoms with Crippen LogP contribution in [0.5, 0.6) is 11.5 Å². The molecule has 0 spiro atoms. The summed E-state index contributed by atoms with van der Waals surface area (Å²) in [5.41, 5.74) is 2.49. The third kappa shape index (κ3) is 8.05. The minimum absolute atomic E-state index is 0.0216. The molecule has 0 saturated carbocycles. The number of hydrogen-bond donors (Lipinski definition) is 1. The normalized spacial score (nSPS) is 10.7. The number of esters is 1. The first kappa shape index (κ1) is 36.3. The van der Waals surface area contributed by atoms with E-state index in [0.717, 1.165) is 50.4 Å². The molecule has 15 heteroatoms. The zero-order valence-electron chi connectivity index (χ0n) is 26.7. The minimum Gasteiger partial charge on any atom is -0.508 e. The number of phenolic OH excluding ortho intramolecular Hbond substituents is 1. The highest BCUT2D eigenvalue weighted by molar-refractivity contribution is 6.67. The van der Waals surface area contributed by atoms with Crippen molar-refractivity contribution in [3.05, 3.63) is 163 Å². The number of hydrogen-bond acceptors (Lipinski definition) is 10. The Morgan fingerprint density at radius 2 is 1.06 bits per heavy atom. The summed E-state index contributed by atoms with van der Waals surface area (Å²) >= 11 is 16.4. The van der Waals surface area contributed by atoms with Crippen molar-refractivity contribution in [1.29, 1.82) is 0 Å². The van der Waals surface area contributed by atoms with Gasteiger partial charge >= 0.3 is 5.97 Å². The summed E-state index contributed by atoms with van der Waals surface area (Å²) in [6.45, 7) is 0. The highest BCUT2D eigenvalue weighted by Gasteiger charge is 2.19. The lowest BCUT2D eigenvalue weighted by Crippen LogP contribution is -2.08. The Bertz CT molecular complexity index is 2720. The van der Waals surface area contributed by atoms with E-state index < -0.39 is 21.1 Å². The molecule has 264 valence electrons. The Morgan fingerprint density at radius 1 is 0.585 bits per heavy atom. The molecular weight excluding hydrogens is 751 g/mol. The van der Waals surface area contributed by atoms with Gasteiger partial charge in [0, 0.05) is 39.2 Å². The first-order valence-electron chi connectivity index (χ1n) is 15.2. The van der Waals surface area contributed by atoms with E-state index >= 15 is 0 Å². The van der Waals surface area contributed by atoms with Crippen LogP contribution in [0, 0.1) is 20.2 Å². The van der Waals surface area contributed by atoms with E-state index in [1.54, 1.807) is 36.4 Å². The number of fused-ring (bicyclic) bond motifs is 6. The standard InChI is InChI=1S/C19H10ClNO5.C12H8O2.C7H3Cl2NO3/c20-15-7-5-11(9-16(15)21(23)24)19(22)25-12-6-8-18-14(10-12)13-3-1-2-4-17(13)26-18;13-8-5-6-12-10(7-8)9-3-1-2-4-11(9)14-12;8-5-2-1-4(7(9)11)3-6(5)10(12)13/h1-10H;1-7,13H;1-3H. The van der Waals surface area contributed by atoms with Gasteiger partial charge in [-0.3, -0.25) is 25.0 Å². The number of benzene rings is 6. The summed E-state index contributed by atoms with van der Waals surface area (Å²) in [7, 11) is 0. The average Bonchev–Trinajstić information content (AvgIpc) is 3.70. The number of nitro benzene ring substituents is 2. The maximum absolute atomic E-state index is 12.3. The molecular formula is C38H21Cl3N2O10. The smallest absolute Gasteiger partial charge is 0.343 e. The van der Waals surface area contributed by atoms with Crippen LogP contribution in [0.1, 0.15) is 20.7 Å². The quantitative estimate of drug-likeness (QED) is 0.0582. The summed E-state index contributed by atoms with van der Waals surface area (Å²) in [5.74, 6) is -0.132. The Labute approximate surface area is 312 Å². The molecule has 1 N–H and O–H groups in total. The topological polar surface area (TPSA) is 176 Å². The largest absolute Gasteiger partial charge is 0.508 e. The third-order valence-corrected chi connectivity index (χ3v) is 8.52. The van der Waals surface area contributed by atoms with E-state index in [1.807, 2.05) is 48.5 Å². The summed E-state index contributed by atoms with van der Waals surface area (Å²) in [6.07, 6.45) is 0. The van der Waals surface area contributed by atoms with Gasteiger partial charge in [-0.2, -0.15) is 0 Å². The van der Waals surface area contributed by atoms with E-state index in [4.69, 9.17) is 48.4 Å². The molecule has 0 aliphatic carbocycles. The van der Waals surface area contributed by atoms with Gasteiger partial charge in [0.15, 0.2) is 0 Å². The monoisotopic (exact) mass is 770 g/mol. The summed E-state index contributed by atoms with van der Waals surface area (Å²) in [6, 6.07) is 32.9. The highest BCUT2D eigenvalue weighted by atomic mass is 35.5. The van der Waals surface area contributed by atoms with Crippen molar-refractivity contribution in [2.45, 2.75) is 0 Å². The molecule has 0 aliphatic rings. The van der Waals surface area contributed by atoms with Crippen molar-refractivity contribution in [2.75, 3.05) is 0 Å². The lowest BCUT2D eigenvalue weighted by molar-refractivity contribution is -0.384. The summed E-state index contributed by atoms with van der Waals surface area (Å²) in [5, 5.41) is 33.6. The van der Waals surface area contributed by atoms with Crippen LogP contribution in [0.4, 0.5) is 11.4 Å². The molecule has 53 heavy (non-hydrogen) atoms. The van der Waals surface area contributed by atoms with Gasteiger partial charge in [0.05, 0.1) is 15.4 Å². The van der Waals surface area contributed by atoms with E-state index in [0.29, 0.717) is 11.3 Å². The predicted octanol–water partition coefficient (Wildman–Crippen LogP) is 11.3. The minimum atomic E-state index is -0.750. The second-order valence-electron chi connectivity index (χ2n) is 11.0. The van der Waals surface area contributed by atoms with Crippen LogP contribution in [0.2, 0.25) is 10.0 Å². The van der Waals surface area contributed by atoms with Crippen LogP contribution in [0.3, 0.4) is 0 Å². The molecule has 8 aromatic rings. The molecule has 0 amide bonds. The molecule has 2 heterocycles. The number of nitrogens with zero attached hydrogens (tertiary/aromatic N) is 2. The van der Waals surface area contributed by atoms with Crippen LogP contribution in [-0.2, 0) is 0 Å². The molecule has 2 aromatic heterocycles. The van der Waals surface area contributed by atoms with Crippen LogP contribution in [0.15, 0.2) is 130 Å². The number of aromatic hydroxyl groups is 1. The molecule has 0 saturated heterocycles. The molecule has 0 bridgehead atoms. The zero-order valence-corrected chi connectivity index (χ0v) is 29.0. The van der Waals surface area contributed by atoms with Gasteiger partial charge in [-0.1, -0.05) is 59.6 Å². The zero-order chi connectivity index (χ0) is 37.8. The lowest BCUT2D eigenvalue weighted by atomic mass is 10.1. The Balaban J connectivity index is 0.000000150. The molecule has 6 aromatic carbocycles. The Kier molecular flexibility index (Phi) is 10.6. The number of furan rings is 2. The second kappa shape index (κ2) is 15.4. The van der Waals surface area contributed by atoms with Gasteiger partial charge in [0.2, 0.25) is 0 Å². The SMILES string of the molecule is O=C(Cl)c1ccc(Cl)c([N+](=O)[O-])c1.O=C(Oc1ccc2oc3ccccc3c2c1)c1ccc(Cl)c([N+](=O)[O-])c1.Oc1ccc2oc3ccccc3c2c1. The van der Waals surface area contributed by atoms with Crippen LogP contribution >= 0.6 is 34.8 Å². The van der Waals surface area contributed by atoms with Gasteiger partial charge in [0.1, 0.15) is 43.9 Å². The average molecular weight is 772 g/mol. The first-order valence-corrected chi connectivity index (χ1v) is 16.3. The number of ether oxygens (including phenoxy) is 1. The number of carbonyl (C=O) groups excluding carboxylic acids is 2. The molecule has 0 radical (unpaired) electrons. The number of para-hydroxylation sites is 2. The van der Waals surface area contributed by atoms with Crippen molar-refractivity contribution in [3.8, 4) is 11.5 Å². The molecule has 0 unspecified atom stereocenters. The summed E-state index contributed by atoms with van der Waals surface area (Å²) in [4.78, 5) is 43.0. The molecule has 0 atom stereocenters. The molecule has 12 nitrogen and oxygen atoms in total. The van der Waals surface area contributed by atoms with Gasteiger partial charge < -0.3 is 18.7 Å². The molecule has 0 fully saturated rings. The van der Waals surface area contributed by atoms with Crippen molar-refractivity contribution >= 4 is 101 Å². The number of halogens is 3. The van der Waals surface area contributed by atoms with Crippen molar-refractivity contribution < 1.29 is 38.1 Å². The van der Waals surface area contributed by atoms with Crippen LogP contribution < -0.4 is 4.74 Å². The van der Waals surface area contributed by atoms with Gasteiger partial charge in [0.25, 0.3) is 16.6 Å². The van der Waals surface area contributed by atoms with Crippen molar-refractivity contribution in [1.82, 2.24) is 0 Å². The number of carbonyl (C=O) groups is 2. The Morgan fingerprint density at radius 3 is 1.60 bits per heavy atom. The van der Waals surface area contributed by atoms with Gasteiger partial charge in [-0.15, -0.1) is 0 Å². The van der Waals surface area contributed by atoms with E-state index in [2.05, 4.69) is 0 Å². The summed E-state index contributed by atoms with van der Waals surface area (Å²) < 4.78 is 16.7. The van der Waals surface area contributed by atoms with Gasteiger partial charge in [-0.25, -0.2) is 4.79 Å². The first-order chi connectivity index (χ1) is 25.4. The predicted molar refractivity (Wildman–Crippen MR) is 200 cm³/mol. The Hall–Kier alpha value is -6.47. The highest BCUT2D eigenvalue weighted by Crippen LogP contribution is 2.33. The molecule has 8 rings (SSSR count). The van der Waals surface area contributed by atoms with E-state index in [-0.39, 0.29) is 38.3 Å². The van der Waals surface area contributed by atoms with E-state index in [9.17, 15) is 34.9 Å². The number of nitro groups is 2. The fourth-order valence-corrected chi connectivity index (χ4v) is 5.69. The van der Waals surface area contributed by atoms with E-state index in [1.165, 1.54) is 24.3 Å². The third-order valence-electron chi connectivity index (χ3n) is 7.67. The van der Waals surface area contributed by atoms with Crippen LogP contribution in [0.25, 0.3) is 43.9 Å². The number of rotatable bonds is 5. The second-order valence-corrected chi connectivity index (χ2v) is 12.2. The fourth-order valence-electron chi connectivity index (χ4n) is 5.20. The van der Waals surface area contributed by atoms with Crippen molar-refractivity contribution in [2.24, 2.45) is 0 Å². The molecule has 0 aliphatic heterocycles. The maximum Gasteiger partial charge on any atom is 0.343 e. The van der Waals surface area contributed by atoms with Crippen molar-refractivity contribution in [3.63, 3.8) is 0 Å². The lowest BCUT2D eigenvalue weighted by Gasteiger charge is -2.05.